The van der Waals surface area contributed by atoms with Gasteiger partial charge in [0.05, 0.1) is 10.5 Å². The van der Waals surface area contributed by atoms with Crippen molar-refractivity contribution < 1.29 is 13.5 Å². The van der Waals surface area contributed by atoms with Gasteiger partial charge in [-0.15, -0.1) is 0 Å². The van der Waals surface area contributed by atoms with Crippen LogP contribution < -0.4 is 0 Å². The van der Waals surface area contributed by atoms with Gasteiger partial charge in [-0.1, -0.05) is 61.4 Å². The minimum absolute atomic E-state index is 0.0640. The fourth-order valence-corrected chi connectivity index (χ4v) is 6.47. The van der Waals surface area contributed by atoms with E-state index in [0.717, 1.165) is 31.2 Å². The van der Waals surface area contributed by atoms with Gasteiger partial charge >= 0.3 is 0 Å². The second-order valence-electron chi connectivity index (χ2n) is 7.43. The highest BCUT2D eigenvalue weighted by Crippen LogP contribution is 2.48. The molecule has 1 saturated heterocycles. The Kier molecular flexibility index (Phi) is 4.63. The Balaban J connectivity index is 1.72. The van der Waals surface area contributed by atoms with E-state index < -0.39 is 15.6 Å². The second kappa shape index (κ2) is 6.80. The maximum absolute atomic E-state index is 13.2. The maximum atomic E-state index is 13.2. The van der Waals surface area contributed by atoms with E-state index in [-0.39, 0.29) is 12.0 Å². The lowest BCUT2D eigenvalue weighted by atomic mass is 9.67. The minimum atomic E-state index is -3.54. The summed E-state index contributed by atoms with van der Waals surface area (Å²) in [6.45, 7) is 0.351. The number of benzene rings is 2. The van der Waals surface area contributed by atoms with Gasteiger partial charge in [0, 0.05) is 18.5 Å². The van der Waals surface area contributed by atoms with Crippen LogP contribution in [0.25, 0.3) is 0 Å². The molecular weight excluding hydrogens is 346 g/mol. The molecule has 2 aliphatic rings. The zero-order valence-corrected chi connectivity index (χ0v) is 15.6. The van der Waals surface area contributed by atoms with Crippen LogP contribution in [0.15, 0.2) is 65.6 Å². The number of fused-ring (bicyclic) bond motifs is 1. The number of aliphatic hydroxyl groups is 1. The van der Waals surface area contributed by atoms with E-state index in [4.69, 9.17) is 0 Å². The Morgan fingerprint density at radius 2 is 1.54 bits per heavy atom. The van der Waals surface area contributed by atoms with E-state index in [1.54, 1.807) is 28.6 Å². The van der Waals surface area contributed by atoms with Crippen LogP contribution in [0.2, 0.25) is 0 Å². The Labute approximate surface area is 155 Å². The Morgan fingerprint density at radius 3 is 2.23 bits per heavy atom. The first-order valence-corrected chi connectivity index (χ1v) is 10.8. The van der Waals surface area contributed by atoms with E-state index in [1.807, 2.05) is 36.4 Å². The van der Waals surface area contributed by atoms with E-state index in [1.165, 1.54) is 0 Å². The molecule has 0 radical (unpaired) electrons. The third kappa shape index (κ3) is 2.88. The molecule has 1 heterocycles. The first-order chi connectivity index (χ1) is 12.5. The summed E-state index contributed by atoms with van der Waals surface area (Å²) < 4.78 is 28.1. The number of hydrogen-bond acceptors (Lipinski definition) is 3. The van der Waals surface area contributed by atoms with Gasteiger partial charge in [-0.05, 0) is 37.0 Å². The summed E-state index contributed by atoms with van der Waals surface area (Å²) in [5.74, 6) is -0.0640. The van der Waals surface area contributed by atoms with Crippen LogP contribution in [0.4, 0.5) is 0 Å². The number of hydrogen-bond donors (Lipinski definition) is 1. The molecule has 1 aliphatic heterocycles. The van der Waals surface area contributed by atoms with Crippen molar-refractivity contribution in [3.63, 3.8) is 0 Å². The SMILES string of the molecule is O=S(=O)(c1ccccc1)N1CCC(O)(c2ccccc2)C2CCCCC21. The standard InChI is InChI=1S/C21H25NO3S/c23-21(17-9-3-1-4-10-17)15-16-22(20-14-8-7-13-19(20)21)26(24,25)18-11-5-2-6-12-18/h1-6,9-12,19-20,23H,7-8,13-16H2. The normalized spacial score (nSPS) is 29.9. The first kappa shape index (κ1) is 17.7. The molecule has 0 aromatic heterocycles. The lowest BCUT2D eigenvalue weighted by Crippen LogP contribution is -2.58. The summed E-state index contributed by atoms with van der Waals surface area (Å²) in [5.41, 5.74) is -0.0386. The molecule has 2 aromatic carbocycles. The molecule has 3 unspecified atom stereocenters. The van der Waals surface area contributed by atoms with Crippen LogP contribution >= 0.6 is 0 Å². The molecule has 26 heavy (non-hydrogen) atoms. The number of nitrogens with zero attached hydrogens (tertiary/aromatic N) is 1. The van der Waals surface area contributed by atoms with Crippen molar-refractivity contribution in [1.29, 1.82) is 0 Å². The molecule has 2 aromatic rings. The highest BCUT2D eigenvalue weighted by atomic mass is 32.2. The molecule has 5 heteroatoms. The fraction of sp³-hybridized carbons (Fsp3) is 0.429. The summed E-state index contributed by atoms with van der Waals surface area (Å²) in [6, 6.07) is 18.3. The Morgan fingerprint density at radius 1 is 0.923 bits per heavy atom. The third-order valence-electron chi connectivity index (χ3n) is 6.05. The van der Waals surface area contributed by atoms with E-state index >= 15 is 0 Å². The second-order valence-corrected chi connectivity index (χ2v) is 9.32. The van der Waals surface area contributed by atoms with E-state index in [2.05, 4.69) is 0 Å². The quantitative estimate of drug-likeness (QED) is 0.898. The van der Waals surface area contributed by atoms with Gasteiger partial charge in [-0.25, -0.2) is 8.42 Å². The molecule has 4 nitrogen and oxygen atoms in total. The maximum Gasteiger partial charge on any atom is 0.243 e. The molecule has 3 atom stereocenters. The highest BCUT2D eigenvalue weighted by molar-refractivity contribution is 7.89. The molecule has 138 valence electrons. The molecule has 0 bridgehead atoms. The van der Waals surface area contributed by atoms with Crippen molar-refractivity contribution in [2.24, 2.45) is 5.92 Å². The van der Waals surface area contributed by atoms with Gasteiger partial charge in [-0.2, -0.15) is 4.31 Å². The van der Waals surface area contributed by atoms with Crippen LogP contribution in [-0.4, -0.2) is 30.4 Å². The number of piperidine rings is 1. The molecule has 4 rings (SSSR count). The minimum Gasteiger partial charge on any atom is -0.385 e. The van der Waals surface area contributed by atoms with Gasteiger partial charge in [0.2, 0.25) is 10.0 Å². The molecular formula is C21H25NO3S. The largest absolute Gasteiger partial charge is 0.385 e. The van der Waals surface area contributed by atoms with Gasteiger partial charge < -0.3 is 5.11 Å². The lowest BCUT2D eigenvalue weighted by Gasteiger charge is -2.51. The van der Waals surface area contributed by atoms with Gasteiger partial charge in [0.25, 0.3) is 0 Å². The lowest BCUT2D eigenvalue weighted by molar-refractivity contribution is -0.100. The summed E-state index contributed by atoms with van der Waals surface area (Å²) in [4.78, 5) is 0.342. The molecule has 1 N–H and O–H groups in total. The molecule has 0 amide bonds. The zero-order chi connectivity index (χ0) is 18.2. The van der Waals surface area contributed by atoms with Crippen LogP contribution in [0.5, 0.6) is 0 Å². The third-order valence-corrected chi connectivity index (χ3v) is 7.99. The van der Waals surface area contributed by atoms with Gasteiger partial charge in [0.15, 0.2) is 0 Å². The van der Waals surface area contributed by atoms with Gasteiger partial charge in [0.1, 0.15) is 0 Å². The zero-order valence-electron chi connectivity index (χ0n) is 14.8. The van der Waals surface area contributed by atoms with Crippen LogP contribution in [0, 0.1) is 5.92 Å². The average Bonchev–Trinajstić information content (AvgIpc) is 2.69. The first-order valence-electron chi connectivity index (χ1n) is 9.38. The summed E-state index contributed by atoms with van der Waals surface area (Å²) >= 11 is 0. The van der Waals surface area contributed by atoms with Crippen LogP contribution in [0.3, 0.4) is 0 Å². The molecule has 1 saturated carbocycles. The van der Waals surface area contributed by atoms with Crippen LogP contribution in [-0.2, 0) is 15.6 Å². The smallest absolute Gasteiger partial charge is 0.243 e. The van der Waals surface area contributed by atoms with Crippen molar-refractivity contribution in [2.45, 2.75) is 48.6 Å². The van der Waals surface area contributed by atoms with Crippen LogP contribution in [0.1, 0.15) is 37.7 Å². The molecule has 2 fully saturated rings. The summed E-state index contributed by atoms with van der Waals surface area (Å²) in [6.07, 6.45) is 4.15. The van der Waals surface area contributed by atoms with Crippen molar-refractivity contribution in [1.82, 2.24) is 4.31 Å². The topological polar surface area (TPSA) is 57.6 Å². The Hall–Kier alpha value is -1.69. The van der Waals surface area contributed by atoms with E-state index in [9.17, 15) is 13.5 Å². The van der Waals surface area contributed by atoms with Crippen molar-refractivity contribution in [3.05, 3.63) is 66.2 Å². The number of rotatable bonds is 3. The number of sulfonamides is 1. The van der Waals surface area contributed by atoms with Crippen molar-refractivity contribution in [2.75, 3.05) is 6.54 Å². The highest BCUT2D eigenvalue weighted by Gasteiger charge is 2.52. The molecule has 1 aliphatic carbocycles. The molecule has 0 spiro atoms. The average molecular weight is 372 g/mol. The fourth-order valence-electron chi connectivity index (χ4n) is 4.76. The summed E-state index contributed by atoms with van der Waals surface area (Å²) in [5, 5.41) is 11.6. The van der Waals surface area contributed by atoms with Crippen molar-refractivity contribution >= 4 is 10.0 Å². The predicted octanol–water partition coefficient (Wildman–Crippen LogP) is 3.53. The summed E-state index contributed by atoms with van der Waals surface area (Å²) in [7, 11) is -3.54. The van der Waals surface area contributed by atoms with Crippen molar-refractivity contribution in [3.8, 4) is 0 Å². The van der Waals surface area contributed by atoms with Gasteiger partial charge in [-0.3, -0.25) is 0 Å². The monoisotopic (exact) mass is 371 g/mol. The van der Waals surface area contributed by atoms with E-state index in [0.29, 0.717) is 17.9 Å². The Bertz CT molecular complexity index is 853. The predicted molar refractivity (Wildman–Crippen MR) is 101 cm³/mol.